The topological polar surface area (TPSA) is 58.2 Å². The molecule has 0 amide bonds. The van der Waals surface area contributed by atoms with Crippen molar-refractivity contribution in [2.24, 2.45) is 5.92 Å². The lowest BCUT2D eigenvalue weighted by atomic mass is 10.1. The van der Waals surface area contributed by atoms with Crippen molar-refractivity contribution in [3.05, 3.63) is 78.5 Å². The van der Waals surface area contributed by atoms with E-state index in [-0.39, 0.29) is 18.5 Å². The molecule has 0 unspecified atom stereocenters. The maximum Gasteiger partial charge on any atom is 0.161 e. The number of halogens is 1. The lowest BCUT2D eigenvalue weighted by Crippen LogP contribution is -2.34. The smallest absolute Gasteiger partial charge is 0.161 e. The fraction of sp³-hybridized carbons (Fsp3) is 0.321. The van der Waals surface area contributed by atoms with Crippen molar-refractivity contribution in [2.75, 3.05) is 31.1 Å². The first-order chi connectivity index (χ1) is 17.1. The number of imidazole rings is 1. The Morgan fingerprint density at radius 3 is 2.83 bits per heavy atom. The van der Waals surface area contributed by atoms with Gasteiger partial charge in [-0.2, -0.15) is 0 Å². The first-order valence-corrected chi connectivity index (χ1v) is 12.3. The van der Waals surface area contributed by atoms with Crippen molar-refractivity contribution in [1.29, 1.82) is 0 Å². The van der Waals surface area contributed by atoms with Crippen LogP contribution in [-0.2, 0) is 6.54 Å². The van der Waals surface area contributed by atoms with Gasteiger partial charge in [-0.15, -0.1) is 0 Å². The molecule has 4 aromatic rings. The molecule has 4 heterocycles. The number of anilines is 1. The normalized spacial score (nSPS) is 17.6. The van der Waals surface area contributed by atoms with Crippen LogP contribution in [0.4, 0.5) is 10.1 Å². The summed E-state index contributed by atoms with van der Waals surface area (Å²) in [6.07, 6.45) is 7.16. The summed E-state index contributed by atoms with van der Waals surface area (Å²) in [5, 5.41) is 12.7. The van der Waals surface area contributed by atoms with Crippen LogP contribution in [0.2, 0.25) is 0 Å². The Morgan fingerprint density at radius 2 is 2.00 bits per heavy atom. The van der Waals surface area contributed by atoms with Gasteiger partial charge in [-0.25, -0.2) is 9.37 Å². The van der Waals surface area contributed by atoms with Gasteiger partial charge in [0.15, 0.2) is 5.82 Å². The van der Waals surface area contributed by atoms with Crippen molar-refractivity contribution >= 4 is 5.69 Å². The Kier molecular flexibility index (Phi) is 5.66. The molecule has 2 atom stereocenters. The predicted molar refractivity (Wildman–Crippen MR) is 136 cm³/mol. The van der Waals surface area contributed by atoms with E-state index in [4.69, 9.17) is 0 Å². The molecule has 0 spiro atoms. The number of benzene rings is 2. The molecule has 0 bridgehead atoms. The molecular weight excluding hydrogens is 441 g/mol. The third-order valence-corrected chi connectivity index (χ3v) is 7.29. The van der Waals surface area contributed by atoms with Crippen LogP contribution in [0.25, 0.3) is 28.3 Å². The van der Waals surface area contributed by atoms with Gasteiger partial charge in [0.05, 0.1) is 18.0 Å². The standard InChI is InChI=1S/C28H30FN5O/c1-19(18-35)31-14-20-8-10-32(15-20)25-6-7-26-23(12-25)17-33-16-22(21-2-4-24(29)5-3-21)13-27(33)28-30-9-11-34(26)28/h2-7,9,11-13,16,19-20,31,35H,8,10,14-15,17-18H2,1H3/t19-,20+/m1/s1. The number of fused-ring (bicyclic) bond motifs is 5. The van der Waals surface area contributed by atoms with Crippen LogP contribution in [-0.4, -0.2) is 51.5 Å². The van der Waals surface area contributed by atoms with E-state index >= 15 is 0 Å². The van der Waals surface area contributed by atoms with Gasteiger partial charge < -0.3 is 19.9 Å². The fourth-order valence-electron chi connectivity index (χ4n) is 5.30. The first kappa shape index (κ1) is 22.1. The highest BCUT2D eigenvalue weighted by molar-refractivity contribution is 5.72. The number of rotatable bonds is 6. The van der Waals surface area contributed by atoms with E-state index in [1.807, 2.05) is 31.5 Å². The number of aliphatic hydroxyl groups is 1. The van der Waals surface area contributed by atoms with Gasteiger partial charge in [-0.1, -0.05) is 12.1 Å². The molecule has 2 aliphatic heterocycles. The zero-order chi connectivity index (χ0) is 23.9. The molecule has 6 nitrogen and oxygen atoms in total. The summed E-state index contributed by atoms with van der Waals surface area (Å²) in [6.45, 7) is 5.92. The summed E-state index contributed by atoms with van der Waals surface area (Å²) in [6, 6.07) is 15.7. The summed E-state index contributed by atoms with van der Waals surface area (Å²) in [4.78, 5) is 7.15. The van der Waals surface area contributed by atoms with Crippen molar-refractivity contribution in [3.63, 3.8) is 0 Å². The van der Waals surface area contributed by atoms with Crippen molar-refractivity contribution < 1.29 is 9.50 Å². The van der Waals surface area contributed by atoms with E-state index in [1.165, 1.54) is 23.4 Å². The lowest BCUT2D eigenvalue weighted by molar-refractivity contribution is 0.247. The van der Waals surface area contributed by atoms with Gasteiger partial charge in [0.25, 0.3) is 0 Å². The summed E-state index contributed by atoms with van der Waals surface area (Å²) in [7, 11) is 0. The van der Waals surface area contributed by atoms with Gasteiger partial charge in [-0.3, -0.25) is 4.57 Å². The average Bonchev–Trinajstić information content (AvgIpc) is 3.62. The molecule has 0 aliphatic carbocycles. The van der Waals surface area contributed by atoms with Gasteiger partial charge in [0.2, 0.25) is 0 Å². The lowest BCUT2D eigenvalue weighted by Gasteiger charge is -2.21. The molecule has 2 aliphatic rings. The predicted octanol–water partition coefficient (Wildman–Crippen LogP) is 4.31. The quantitative estimate of drug-likeness (QED) is 0.388. The summed E-state index contributed by atoms with van der Waals surface area (Å²) >= 11 is 0. The molecule has 0 radical (unpaired) electrons. The summed E-state index contributed by atoms with van der Waals surface area (Å²) < 4.78 is 17.9. The molecule has 7 heteroatoms. The average molecular weight is 472 g/mol. The molecular formula is C28H30FN5O. The molecule has 6 rings (SSSR count). The Morgan fingerprint density at radius 1 is 1.14 bits per heavy atom. The number of nitrogens with zero attached hydrogens (tertiary/aromatic N) is 4. The van der Waals surface area contributed by atoms with Crippen LogP contribution in [0.15, 0.2) is 67.1 Å². The Bertz CT molecular complexity index is 1340. The van der Waals surface area contributed by atoms with Gasteiger partial charge >= 0.3 is 0 Å². The fourth-order valence-corrected chi connectivity index (χ4v) is 5.30. The molecule has 2 N–H and O–H groups in total. The van der Waals surface area contributed by atoms with Gasteiger partial charge in [0.1, 0.15) is 5.82 Å². The van der Waals surface area contributed by atoms with Gasteiger partial charge in [-0.05, 0) is 66.8 Å². The van der Waals surface area contributed by atoms with Crippen LogP contribution >= 0.6 is 0 Å². The number of aromatic nitrogens is 3. The molecule has 35 heavy (non-hydrogen) atoms. The minimum atomic E-state index is -0.227. The van der Waals surface area contributed by atoms with E-state index in [0.717, 1.165) is 60.9 Å². The summed E-state index contributed by atoms with van der Waals surface area (Å²) in [5.41, 5.74) is 6.75. The molecule has 1 fully saturated rings. The van der Waals surface area contributed by atoms with Crippen LogP contribution < -0.4 is 10.2 Å². The SMILES string of the molecule is C[C@H](CO)NC[C@@H]1CCN(c2ccc3c(c2)Cn2cc(-c4ccc(F)cc4)cc2-c2nccn2-3)C1. The van der Waals surface area contributed by atoms with E-state index < -0.39 is 0 Å². The van der Waals surface area contributed by atoms with Crippen molar-refractivity contribution in [3.8, 4) is 28.3 Å². The number of nitrogens with one attached hydrogen (secondary N) is 1. The zero-order valence-electron chi connectivity index (χ0n) is 19.9. The van der Waals surface area contributed by atoms with E-state index in [9.17, 15) is 9.50 Å². The highest BCUT2D eigenvalue weighted by Crippen LogP contribution is 2.36. The second kappa shape index (κ2) is 8.98. The van der Waals surface area contributed by atoms with E-state index in [0.29, 0.717) is 5.92 Å². The van der Waals surface area contributed by atoms with Crippen LogP contribution in [0.5, 0.6) is 0 Å². The second-order valence-electron chi connectivity index (χ2n) is 9.78. The minimum Gasteiger partial charge on any atom is -0.395 e. The number of hydrogen-bond donors (Lipinski definition) is 2. The third-order valence-electron chi connectivity index (χ3n) is 7.29. The monoisotopic (exact) mass is 471 g/mol. The van der Waals surface area contributed by atoms with Crippen molar-refractivity contribution in [1.82, 2.24) is 19.4 Å². The van der Waals surface area contributed by atoms with E-state index in [1.54, 1.807) is 0 Å². The Labute approximate surface area is 204 Å². The Hall–Kier alpha value is -3.42. The number of hydrogen-bond acceptors (Lipinski definition) is 4. The molecule has 0 saturated carbocycles. The highest BCUT2D eigenvalue weighted by atomic mass is 19.1. The minimum absolute atomic E-state index is 0.136. The highest BCUT2D eigenvalue weighted by Gasteiger charge is 2.25. The van der Waals surface area contributed by atoms with Crippen molar-refractivity contribution in [2.45, 2.75) is 25.9 Å². The van der Waals surface area contributed by atoms with Crippen LogP contribution in [0.1, 0.15) is 18.9 Å². The maximum absolute atomic E-state index is 13.5. The number of aliphatic hydroxyl groups excluding tert-OH is 1. The van der Waals surface area contributed by atoms with Crippen LogP contribution in [0, 0.1) is 11.7 Å². The first-order valence-electron chi connectivity index (χ1n) is 12.3. The largest absolute Gasteiger partial charge is 0.395 e. The molecule has 2 aromatic heterocycles. The van der Waals surface area contributed by atoms with Gasteiger partial charge in [0, 0.05) is 62.1 Å². The zero-order valence-corrected chi connectivity index (χ0v) is 19.9. The second-order valence-corrected chi connectivity index (χ2v) is 9.78. The molecule has 2 aromatic carbocycles. The molecule has 1 saturated heterocycles. The summed E-state index contributed by atoms with van der Waals surface area (Å²) in [5.74, 6) is 1.27. The van der Waals surface area contributed by atoms with Crippen LogP contribution in [0.3, 0.4) is 0 Å². The third kappa shape index (κ3) is 4.15. The Balaban J connectivity index is 1.30. The van der Waals surface area contributed by atoms with E-state index in [2.05, 4.69) is 54.8 Å². The molecule has 180 valence electrons. The maximum atomic E-state index is 13.5.